The molecule has 0 aliphatic heterocycles. The van der Waals surface area contributed by atoms with Gasteiger partial charge in [-0.05, 0) is 36.1 Å². The molecule has 1 aliphatic rings. The molecule has 9 heteroatoms. The summed E-state index contributed by atoms with van der Waals surface area (Å²) in [5, 5.41) is 6.24. The average Bonchev–Trinajstić information content (AvgIpc) is 3.37. The number of nitrogens with one attached hydrogen (secondary N) is 1. The molecule has 1 aromatic carbocycles. The largest absolute Gasteiger partial charge is 0.384 e. The van der Waals surface area contributed by atoms with Crippen molar-refractivity contribution in [1.82, 2.24) is 10.1 Å². The van der Waals surface area contributed by atoms with Crippen molar-refractivity contribution in [3.8, 4) is 11.1 Å². The van der Waals surface area contributed by atoms with Crippen molar-refractivity contribution in [3.05, 3.63) is 59.7 Å². The van der Waals surface area contributed by atoms with Crippen LogP contribution in [-0.4, -0.2) is 22.0 Å². The minimum absolute atomic E-state index is 0.0278. The Hall–Kier alpha value is -3.36. The van der Waals surface area contributed by atoms with Gasteiger partial charge >= 0.3 is 0 Å². The maximum absolute atomic E-state index is 13.9. The molecular formula is C21H19F3N4O2. The van der Waals surface area contributed by atoms with E-state index >= 15 is 0 Å². The quantitative estimate of drug-likeness (QED) is 0.584. The smallest absolute Gasteiger partial charge is 0.258 e. The van der Waals surface area contributed by atoms with Crippen LogP contribution in [0, 0.1) is 5.95 Å². The highest BCUT2D eigenvalue weighted by atomic mass is 19.3. The van der Waals surface area contributed by atoms with E-state index in [4.69, 9.17) is 10.3 Å². The van der Waals surface area contributed by atoms with Crippen LogP contribution in [0.25, 0.3) is 11.1 Å². The monoisotopic (exact) mass is 416 g/mol. The molecule has 0 atom stereocenters. The number of nitrogens with two attached hydrogens (primary N) is 1. The van der Waals surface area contributed by atoms with Crippen LogP contribution in [0.1, 0.15) is 31.1 Å². The molecule has 1 fully saturated rings. The fourth-order valence-electron chi connectivity index (χ4n) is 3.42. The number of rotatable bonds is 6. The number of benzene rings is 1. The molecule has 3 aromatic rings. The van der Waals surface area contributed by atoms with Crippen molar-refractivity contribution < 1.29 is 22.5 Å². The second kappa shape index (κ2) is 7.16. The summed E-state index contributed by atoms with van der Waals surface area (Å²) in [5.41, 5.74) is 5.71. The number of amides is 1. The van der Waals surface area contributed by atoms with Gasteiger partial charge in [0.15, 0.2) is 11.6 Å². The molecule has 0 radical (unpaired) electrons. The van der Waals surface area contributed by atoms with Crippen LogP contribution in [-0.2, 0) is 16.6 Å². The van der Waals surface area contributed by atoms with E-state index in [9.17, 15) is 18.0 Å². The Morgan fingerprint density at radius 2 is 1.93 bits per heavy atom. The number of nitrogen functional groups attached to an aromatic ring is 1. The summed E-state index contributed by atoms with van der Waals surface area (Å²) in [6, 6.07) is 11.1. The van der Waals surface area contributed by atoms with Crippen LogP contribution in [0.3, 0.4) is 0 Å². The van der Waals surface area contributed by atoms with Crippen molar-refractivity contribution in [2.24, 2.45) is 0 Å². The maximum Gasteiger partial charge on any atom is 0.258 e. The Kier molecular flexibility index (Phi) is 4.76. The first kappa shape index (κ1) is 19.9. The van der Waals surface area contributed by atoms with Gasteiger partial charge < -0.3 is 15.6 Å². The van der Waals surface area contributed by atoms with Gasteiger partial charge in [0, 0.05) is 18.6 Å². The molecule has 0 bridgehead atoms. The lowest BCUT2D eigenvalue weighted by molar-refractivity contribution is -0.115. The van der Waals surface area contributed by atoms with Crippen molar-refractivity contribution >= 4 is 17.5 Å². The molecule has 2 heterocycles. The number of carbonyl (C=O) groups excluding carboxylic acids is 1. The third-order valence-corrected chi connectivity index (χ3v) is 5.34. The first-order valence-electron chi connectivity index (χ1n) is 9.34. The highest BCUT2D eigenvalue weighted by Crippen LogP contribution is 2.58. The van der Waals surface area contributed by atoms with Crippen LogP contribution in [0.15, 0.2) is 47.0 Å². The van der Waals surface area contributed by atoms with Gasteiger partial charge in [-0.2, -0.15) is 4.39 Å². The topological polar surface area (TPSA) is 94.0 Å². The third kappa shape index (κ3) is 3.74. The minimum atomic E-state index is -2.92. The third-order valence-electron chi connectivity index (χ3n) is 5.34. The molecule has 1 amide bonds. The van der Waals surface area contributed by atoms with Gasteiger partial charge in [-0.1, -0.05) is 29.4 Å². The predicted octanol–water partition coefficient (Wildman–Crippen LogP) is 4.33. The Bertz CT molecular complexity index is 1090. The number of halogens is 3. The summed E-state index contributed by atoms with van der Waals surface area (Å²) < 4.78 is 46.6. The lowest BCUT2D eigenvalue weighted by Crippen LogP contribution is -2.29. The number of alkyl halides is 2. The predicted molar refractivity (Wildman–Crippen MR) is 104 cm³/mol. The minimum Gasteiger partial charge on any atom is -0.384 e. The van der Waals surface area contributed by atoms with E-state index in [1.807, 2.05) is 0 Å². The maximum atomic E-state index is 13.9. The lowest BCUT2D eigenvalue weighted by Gasteiger charge is -2.19. The van der Waals surface area contributed by atoms with Crippen LogP contribution < -0.4 is 11.1 Å². The highest BCUT2D eigenvalue weighted by Gasteiger charge is 2.62. The van der Waals surface area contributed by atoms with Crippen LogP contribution >= 0.6 is 0 Å². The highest BCUT2D eigenvalue weighted by molar-refractivity contribution is 5.91. The molecule has 0 unspecified atom stereocenters. The molecule has 3 N–H and O–H groups in total. The second-order valence-electron chi connectivity index (χ2n) is 7.54. The van der Waals surface area contributed by atoms with Crippen LogP contribution in [0.5, 0.6) is 0 Å². The zero-order chi connectivity index (χ0) is 21.5. The molecule has 4 rings (SSSR count). The second-order valence-corrected chi connectivity index (χ2v) is 7.54. The number of nitrogens with zero attached hydrogens (tertiary/aromatic N) is 2. The van der Waals surface area contributed by atoms with Gasteiger partial charge in [0.1, 0.15) is 5.82 Å². The molecule has 1 aliphatic carbocycles. The van der Waals surface area contributed by atoms with E-state index in [1.54, 1.807) is 24.3 Å². The van der Waals surface area contributed by atoms with Gasteiger partial charge in [-0.3, -0.25) is 4.79 Å². The van der Waals surface area contributed by atoms with E-state index in [-0.39, 0.29) is 29.7 Å². The van der Waals surface area contributed by atoms with Gasteiger partial charge in [0.2, 0.25) is 11.9 Å². The summed E-state index contributed by atoms with van der Waals surface area (Å²) in [4.78, 5) is 15.9. The number of pyridine rings is 1. The first-order chi connectivity index (χ1) is 14.2. The SMILES string of the molecule is CC(F)(F)C1(c2cc(NC(=O)Cc3ccc(-c4ccc(N)nc4F)cc3)no2)CC1. The number of hydrogen-bond acceptors (Lipinski definition) is 5. The standard InChI is InChI=1S/C21H19F3N4O2/c1-20(23,24)21(8-9-21)15-11-17(28-30-15)27-18(29)10-12-2-4-13(5-3-12)14-6-7-16(25)26-19(14)22/h2-7,11H,8-10H2,1H3,(H2,25,26)(H,27,28,29). The molecular weight excluding hydrogens is 397 g/mol. The Balaban J connectivity index is 1.40. The molecule has 1 saturated carbocycles. The normalized spacial score (nSPS) is 15.1. The summed E-state index contributed by atoms with van der Waals surface area (Å²) in [6.07, 6.45) is 0.658. The van der Waals surface area contributed by atoms with Crippen molar-refractivity contribution in [1.29, 1.82) is 0 Å². The van der Waals surface area contributed by atoms with Gasteiger partial charge in [-0.25, -0.2) is 13.8 Å². The van der Waals surface area contributed by atoms with Gasteiger partial charge in [0.05, 0.1) is 11.8 Å². The molecule has 6 nitrogen and oxygen atoms in total. The van der Waals surface area contributed by atoms with E-state index in [2.05, 4.69) is 15.5 Å². The zero-order valence-corrected chi connectivity index (χ0v) is 16.1. The van der Waals surface area contributed by atoms with Gasteiger partial charge in [0.25, 0.3) is 5.92 Å². The average molecular weight is 416 g/mol. The van der Waals surface area contributed by atoms with Crippen LogP contribution in [0.4, 0.5) is 24.8 Å². The lowest BCUT2D eigenvalue weighted by atomic mass is 9.96. The molecule has 156 valence electrons. The van der Waals surface area contributed by atoms with Gasteiger partial charge in [-0.15, -0.1) is 0 Å². The Morgan fingerprint density at radius 3 is 2.53 bits per heavy atom. The van der Waals surface area contributed by atoms with E-state index in [1.165, 1.54) is 18.2 Å². The Labute approximate surface area is 170 Å². The summed E-state index contributed by atoms with van der Waals surface area (Å²) >= 11 is 0. The summed E-state index contributed by atoms with van der Waals surface area (Å²) in [6.45, 7) is 0.858. The van der Waals surface area contributed by atoms with Crippen molar-refractivity contribution in [2.75, 3.05) is 11.1 Å². The fourth-order valence-corrected chi connectivity index (χ4v) is 3.42. The number of hydrogen-bond donors (Lipinski definition) is 2. The zero-order valence-electron chi connectivity index (χ0n) is 16.1. The Morgan fingerprint density at radius 1 is 1.23 bits per heavy atom. The molecule has 2 aromatic heterocycles. The molecule has 0 spiro atoms. The van der Waals surface area contributed by atoms with E-state index in [0.717, 1.165) is 6.92 Å². The number of aromatic nitrogens is 2. The van der Waals surface area contributed by atoms with E-state index < -0.39 is 17.3 Å². The number of carbonyl (C=O) groups is 1. The molecule has 0 saturated heterocycles. The van der Waals surface area contributed by atoms with E-state index in [0.29, 0.717) is 29.5 Å². The molecule has 30 heavy (non-hydrogen) atoms. The summed E-state index contributed by atoms with van der Waals surface area (Å²) in [5.74, 6) is -3.71. The number of anilines is 2. The van der Waals surface area contributed by atoms with Crippen LogP contribution in [0.2, 0.25) is 0 Å². The fraction of sp³-hybridized carbons (Fsp3) is 0.286. The van der Waals surface area contributed by atoms with Crippen molar-refractivity contribution in [2.45, 2.75) is 37.5 Å². The summed E-state index contributed by atoms with van der Waals surface area (Å²) in [7, 11) is 0. The van der Waals surface area contributed by atoms with Crippen molar-refractivity contribution in [3.63, 3.8) is 0 Å². The first-order valence-corrected chi connectivity index (χ1v) is 9.34.